The third-order valence-electron chi connectivity index (χ3n) is 6.95. The van der Waals surface area contributed by atoms with Crippen molar-refractivity contribution in [2.24, 2.45) is 0 Å². The first kappa shape index (κ1) is 23.8. The maximum absolute atomic E-state index is 11.6. The maximum Gasteiger partial charge on any atom is 0.308 e. The molecule has 2 aromatic carbocycles. The van der Waals surface area contributed by atoms with Gasteiger partial charge >= 0.3 is 5.97 Å². The highest BCUT2D eigenvalue weighted by Gasteiger charge is 2.41. The number of carbonyl (C=O) groups is 1. The molecular formula is C26H31ClN2O3S. The summed E-state index contributed by atoms with van der Waals surface area (Å²) in [4.78, 5) is 17.1. The van der Waals surface area contributed by atoms with Crippen molar-refractivity contribution < 1.29 is 14.3 Å². The average Bonchev–Trinajstić information content (AvgIpc) is 2.80. The predicted octanol–water partition coefficient (Wildman–Crippen LogP) is 5.42. The van der Waals surface area contributed by atoms with Gasteiger partial charge in [-0.3, -0.25) is 4.79 Å². The van der Waals surface area contributed by atoms with Crippen LogP contribution in [0.25, 0.3) is 0 Å². The first-order valence-electron chi connectivity index (χ1n) is 11.4. The van der Waals surface area contributed by atoms with E-state index in [0.29, 0.717) is 5.75 Å². The largest absolute Gasteiger partial charge is 0.480 e. The van der Waals surface area contributed by atoms with Crippen LogP contribution < -0.4 is 14.4 Å². The van der Waals surface area contributed by atoms with Crippen molar-refractivity contribution in [3.05, 3.63) is 51.5 Å². The highest BCUT2D eigenvalue weighted by Crippen LogP contribution is 2.44. The summed E-state index contributed by atoms with van der Waals surface area (Å²) in [6.07, 6.45) is 1.62. The van der Waals surface area contributed by atoms with Gasteiger partial charge in [-0.15, -0.1) is 0 Å². The highest BCUT2D eigenvalue weighted by atomic mass is 35.5. The summed E-state index contributed by atoms with van der Waals surface area (Å²) in [5.41, 5.74) is 4.68. The summed E-state index contributed by atoms with van der Waals surface area (Å²) in [5.74, 6) is 1.24. The zero-order valence-corrected chi connectivity index (χ0v) is 21.5. The number of ether oxygens (including phenoxy) is 2. The molecule has 4 rings (SSSR count). The Hall–Kier alpha value is -2.31. The van der Waals surface area contributed by atoms with E-state index in [1.807, 2.05) is 32.9 Å². The first-order chi connectivity index (χ1) is 15.6. The van der Waals surface area contributed by atoms with Crippen molar-refractivity contribution in [1.29, 1.82) is 0 Å². The Morgan fingerprint density at radius 3 is 2.30 bits per heavy atom. The van der Waals surface area contributed by atoms with Gasteiger partial charge in [0.05, 0.1) is 0 Å². The lowest BCUT2D eigenvalue weighted by atomic mass is 9.86. The maximum atomic E-state index is 11.6. The number of carbonyl (C=O) groups excluding carboxylic acids is 1. The van der Waals surface area contributed by atoms with Crippen LogP contribution in [0.5, 0.6) is 11.5 Å². The van der Waals surface area contributed by atoms with E-state index in [-0.39, 0.29) is 5.97 Å². The Morgan fingerprint density at radius 1 is 1.06 bits per heavy atom. The molecule has 0 radical (unpaired) electrons. The van der Waals surface area contributed by atoms with Crippen LogP contribution in [-0.2, 0) is 11.2 Å². The predicted molar refractivity (Wildman–Crippen MR) is 137 cm³/mol. The van der Waals surface area contributed by atoms with Crippen LogP contribution in [0.2, 0.25) is 5.02 Å². The molecule has 1 saturated heterocycles. The van der Waals surface area contributed by atoms with Crippen molar-refractivity contribution in [1.82, 2.24) is 4.90 Å². The molecule has 33 heavy (non-hydrogen) atoms. The molecule has 2 aliphatic heterocycles. The van der Waals surface area contributed by atoms with E-state index in [1.54, 1.807) is 0 Å². The molecule has 0 aromatic heterocycles. The highest BCUT2D eigenvalue weighted by molar-refractivity contribution is 7.80. The third kappa shape index (κ3) is 4.56. The number of anilines is 1. The van der Waals surface area contributed by atoms with Crippen LogP contribution in [0.15, 0.2) is 24.3 Å². The Bertz CT molecular complexity index is 1090. The van der Waals surface area contributed by atoms with Crippen molar-refractivity contribution >= 4 is 40.5 Å². The number of piperazine rings is 1. The summed E-state index contributed by atoms with van der Waals surface area (Å²) in [5, 5.41) is 0.752. The number of thiocarbonyl (C=S) groups is 1. The van der Waals surface area contributed by atoms with Crippen LogP contribution in [0.1, 0.15) is 42.5 Å². The molecule has 0 saturated carbocycles. The van der Waals surface area contributed by atoms with Gasteiger partial charge in [-0.05, 0) is 81.5 Å². The molecule has 2 aliphatic rings. The van der Waals surface area contributed by atoms with Crippen LogP contribution in [-0.4, -0.2) is 47.6 Å². The standard InChI is InChI=1S/C26H31ClN2O3S/c1-16-17(2)24-22(18(3)23(16)31-19(4)30)10-11-26(5,32-24)25(33)29-14-12-28(13-15-29)21-8-6-20(27)7-9-21/h6-9H,10-15H2,1-5H3. The second-order valence-corrected chi connectivity index (χ2v) is 10.0. The summed E-state index contributed by atoms with van der Waals surface area (Å²) < 4.78 is 12.2. The molecule has 0 amide bonds. The second-order valence-electron chi connectivity index (χ2n) is 9.19. The minimum absolute atomic E-state index is 0.305. The van der Waals surface area contributed by atoms with Gasteiger partial charge in [0.15, 0.2) is 5.60 Å². The summed E-state index contributed by atoms with van der Waals surface area (Å²) >= 11 is 12.0. The SMILES string of the molecule is CC(=O)Oc1c(C)c(C)c2c(c1C)CCC(C)(C(=S)N1CCN(c3ccc(Cl)cc3)CC1)O2. The van der Waals surface area contributed by atoms with Gasteiger partial charge in [-0.1, -0.05) is 23.8 Å². The van der Waals surface area contributed by atoms with E-state index >= 15 is 0 Å². The number of hydrogen-bond acceptors (Lipinski definition) is 5. The Morgan fingerprint density at radius 2 is 1.70 bits per heavy atom. The zero-order chi connectivity index (χ0) is 23.9. The number of nitrogens with zero attached hydrogens (tertiary/aromatic N) is 2. The molecular weight excluding hydrogens is 456 g/mol. The third-order valence-corrected chi connectivity index (χ3v) is 7.89. The van der Waals surface area contributed by atoms with Crippen LogP contribution >= 0.6 is 23.8 Å². The van der Waals surface area contributed by atoms with E-state index in [1.165, 1.54) is 12.6 Å². The number of benzene rings is 2. The average molecular weight is 487 g/mol. The Balaban J connectivity index is 1.50. The molecule has 2 heterocycles. The monoisotopic (exact) mass is 486 g/mol. The van der Waals surface area contributed by atoms with Gasteiger partial charge in [-0.2, -0.15) is 0 Å². The number of fused-ring (bicyclic) bond motifs is 1. The van der Waals surface area contributed by atoms with Gasteiger partial charge in [-0.25, -0.2) is 0 Å². The lowest BCUT2D eigenvalue weighted by molar-refractivity contribution is -0.132. The minimum Gasteiger partial charge on any atom is -0.480 e. The summed E-state index contributed by atoms with van der Waals surface area (Å²) in [6, 6.07) is 8.00. The molecule has 0 bridgehead atoms. The molecule has 1 atom stereocenters. The number of hydrogen-bond donors (Lipinski definition) is 0. The van der Waals surface area contributed by atoms with Crippen molar-refractivity contribution in [2.45, 2.75) is 53.1 Å². The van der Waals surface area contributed by atoms with E-state index in [2.05, 4.69) is 28.9 Å². The smallest absolute Gasteiger partial charge is 0.308 e. The van der Waals surface area contributed by atoms with Crippen molar-refractivity contribution in [3.63, 3.8) is 0 Å². The molecule has 1 unspecified atom stereocenters. The van der Waals surface area contributed by atoms with E-state index in [9.17, 15) is 4.79 Å². The van der Waals surface area contributed by atoms with Gasteiger partial charge in [0.2, 0.25) is 0 Å². The molecule has 2 aromatic rings. The Labute approximate surface area is 206 Å². The van der Waals surface area contributed by atoms with Crippen LogP contribution in [0, 0.1) is 20.8 Å². The number of halogens is 1. The molecule has 0 spiro atoms. The molecule has 1 fully saturated rings. The molecule has 176 valence electrons. The van der Waals surface area contributed by atoms with E-state index in [4.69, 9.17) is 33.3 Å². The molecule has 0 N–H and O–H groups in total. The lowest BCUT2D eigenvalue weighted by Crippen LogP contribution is -2.57. The van der Waals surface area contributed by atoms with E-state index < -0.39 is 5.60 Å². The van der Waals surface area contributed by atoms with Crippen LogP contribution in [0.3, 0.4) is 0 Å². The fourth-order valence-electron chi connectivity index (χ4n) is 4.84. The fraction of sp³-hybridized carbons (Fsp3) is 0.462. The van der Waals surface area contributed by atoms with E-state index in [0.717, 1.165) is 77.0 Å². The summed E-state index contributed by atoms with van der Waals surface area (Å²) in [7, 11) is 0. The Kier molecular flexibility index (Phi) is 6.61. The van der Waals surface area contributed by atoms with Gasteiger partial charge in [0, 0.05) is 49.4 Å². The van der Waals surface area contributed by atoms with Gasteiger partial charge in [0.25, 0.3) is 0 Å². The number of esters is 1. The second kappa shape index (κ2) is 9.15. The van der Waals surface area contributed by atoms with Crippen molar-refractivity contribution in [2.75, 3.05) is 31.1 Å². The van der Waals surface area contributed by atoms with Crippen LogP contribution in [0.4, 0.5) is 5.69 Å². The summed E-state index contributed by atoms with van der Waals surface area (Å²) in [6.45, 7) is 13.1. The minimum atomic E-state index is -0.544. The topological polar surface area (TPSA) is 42.0 Å². The first-order valence-corrected chi connectivity index (χ1v) is 12.2. The molecule has 5 nitrogen and oxygen atoms in total. The zero-order valence-electron chi connectivity index (χ0n) is 20.0. The molecule has 7 heteroatoms. The van der Waals surface area contributed by atoms with Gasteiger partial charge < -0.3 is 19.3 Å². The lowest BCUT2D eigenvalue weighted by Gasteiger charge is -2.45. The van der Waals surface area contributed by atoms with Gasteiger partial charge in [0.1, 0.15) is 16.5 Å². The number of rotatable bonds is 3. The quantitative estimate of drug-likeness (QED) is 0.327. The van der Waals surface area contributed by atoms with Crippen molar-refractivity contribution in [3.8, 4) is 11.5 Å². The fourth-order valence-corrected chi connectivity index (χ4v) is 5.29. The molecule has 0 aliphatic carbocycles. The normalized spacial score (nSPS) is 20.2.